The van der Waals surface area contributed by atoms with Crippen LogP contribution < -0.4 is 16.2 Å². The van der Waals surface area contributed by atoms with Crippen molar-refractivity contribution in [1.29, 1.82) is 0 Å². The van der Waals surface area contributed by atoms with Crippen LogP contribution in [0.25, 0.3) is 10.8 Å². The van der Waals surface area contributed by atoms with Crippen LogP contribution in [-0.2, 0) is 17.5 Å². The molecule has 0 atom stereocenters. The molecule has 0 aliphatic rings. The highest BCUT2D eigenvalue weighted by Crippen LogP contribution is 2.34. The van der Waals surface area contributed by atoms with Gasteiger partial charge in [-0.3, -0.25) is 14.4 Å². The van der Waals surface area contributed by atoms with Crippen LogP contribution in [-0.4, -0.2) is 21.6 Å². The number of nitrogens with one attached hydrogen (secondary N) is 2. The quantitative estimate of drug-likeness (QED) is 0.434. The Labute approximate surface area is 197 Å². The average molecular weight is 480 g/mol. The third kappa shape index (κ3) is 5.21. The van der Waals surface area contributed by atoms with E-state index in [1.807, 2.05) is 6.07 Å². The summed E-state index contributed by atoms with van der Waals surface area (Å²) in [6.45, 7) is 1.28. The second kappa shape index (κ2) is 9.41. The van der Waals surface area contributed by atoms with E-state index in [2.05, 4.69) is 15.7 Å². The molecule has 2 amide bonds. The van der Waals surface area contributed by atoms with Crippen LogP contribution in [0.3, 0.4) is 0 Å². The Balaban J connectivity index is 1.80. The zero-order chi connectivity index (χ0) is 25.2. The Hall–Kier alpha value is -4.47. The van der Waals surface area contributed by atoms with Gasteiger partial charge in [-0.25, -0.2) is 4.68 Å². The minimum absolute atomic E-state index is 0.0132. The second-order valence-corrected chi connectivity index (χ2v) is 7.74. The van der Waals surface area contributed by atoms with Crippen LogP contribution in [0.1, 0.15) is 28.5 Å². The number of anilines is 2. The Bertz CT molecular complexity index is 1480. The van der Waals surface area contributed by atoms with E-state index in [1.165, 1.54) is 13.0 Å². The molecule has 0 fully saturated rings. The summed E-state index contributed by atoms with van der Waals surface area (Å²) in [4.78, 5) is 37.8. The summed E-state index contributed by atoms with van der Waals surface area (Å²) in [5.74, 6) is -1.37. The van der Waals surface area contributed by atoms with Gasteiger partial charge in [0.2, 0.25) is 5.91 Å². The third-order valence-electron chi connectivity index (χ3n) is 5.16. The number of hydrogen-bond acceptors (Lipinski definition) is 4. The SMILES string of the molecule is CC(=O)Nc1ccc(C(F)(F)F)cc1NC(=O)c1nn(Cc2ccccc2)c(=O)c2ccccc12. The lowest BCUT2D eigenvalue weighted by molar-refractivity contribution is -0.137. The smallest absolute Gasteiger partial charge is 0.325 e. The first-order valence-corrected chi connectivity index (χ1v) is 10.5. The van der Waals surface area contributed by atoms with Gasteiger partial charge in [-0.2, -0.15) is 18.3 Å². The van der Waals surface area contributed by atoms with Crippen molar-refractivity contribution >= 4 is 34.0 Å². The van der Waals surface area contributed by atoms with Crippen LogP contribution in [0, 0.1) is 0 Å². The van der Waals surface area contributed by atoms with Gasteiger partial charge in [-0.05, 0) is 29.8 Å². The fourth-order valence-corrected chi connectivity index (χ4v) is 3.57. The van der Waals surface area contributed by atoms with Gasteiger partial charge in [0.15, 0.2) is 5.69 Å². The number of rotatable bonds is 5. The number of nitrogens with zero attached hydrogens (tertiary/aromatic N) is 2. The van der Waals surface area contributed by atoms with Crippen LogP contribution in [0.4, 0.5) is 24.5 Å². The number of hydrogen-bond donors (Lipinski definition) is 2. The number of fused-ring (bicyclic) bond motifs is 1. The summed E-state index contributed by atoms with van der Waals surface area (Å²) in [7, 11) is 0. The predicted molar refractivity (Wildman–Crippen MR) is 125 cm³/mol. The molecule has 0 saturated carbocycles. The summed E-state index contributed by atoms with van der Waals surface area (Å²) in [6.07, 6.45) is -4.66. The van der Waals surface area contributed by atoms with Gasteiger partial charge in [-0.15, -0.1) is 0 Å². The molecule has 4 aromatic rings. The monoisotopic (exact) mass is 480 g/mol. The molecule has 0 aliphatic carbocycles. The number of amides is 2. The topological polar surface area (TPSA) is 93.1 Å². The van der Waals surface area contributed by atoms with Gasteiger partial charge in [-0.1, -0.05) is 48.5 Å². The highest BCUT2D eigenvalue weighted by Gasteiger charge is 2.31. The zero-order valence-electron chi connectivity index (χ0n) is 18.4. The molecular weight excluding hydrogens is 461 g/mol. The molecular formula is C25H19F3N4O3. The molecule has 4 rings (SSSR count). The molecule has 178 valence electrons. The summed E-state index contributed by atoms with van der Waals surface area (Å²) >= 11 is 0. The van der Waals surface area contributed by atoms with E-state index >= 15 is 0 Å². The van der Waals surface area contributed by atoms with Crippen LogP contribution in [0.2, 0.25) is 0 Å². The van der Waals surface area contributed by atoms with Crippen molar-refractivity contribution in [1.82, 2.24) is 9.78 Å². The molecule has 3 aromatic carbocycles. The van der Waals surface area contributed by atoms with E-state index in [9.17, 15) is 27.6 Å². The maximum absolute atomic E-state index is 13.3. The first-order valence-electron chi connectivity index (χ1n) is 10.5. The molecule has 0 saturated heterocycles. The third-order valence-corrected chi connectivity index (χ3v) is 5.16. The van der Waals surface area contributed by atoms with Crippen molar-refractivity contribution in [3.63, 3.8) is 0 Å². The normalized spacial score (nSPS) is 11.3. The predicted octanol–water partition coefficient (Wildman–Crippen LogP) is 4.67. The first-order chi connectivity index (χ1) is 16.6. The van der Waals surface area contributed by atoms with Crippen LogP contribution >= 0.6 is 0 Å². The number of carbonyl (C=O) groups is 2. The molecule has 35 heavy (non-hydrogen) atoms. The standard InChI is InChI=1S/C25H19F3N4O3/c1-15(33)29-20-12-11-17(25(26,27)28)13-21(20)30-23(34)22-18-9-5-6-10-19(18)24(35)32(31-22)14-16-7-3-2-4-8-16/h2-13H,14H2,1H3,(H,29,33)(H,30,34). The van der Waals surface area contributed by atoms with Crippen molar-refractivity contribution in [3.8, 4) is 0 Å². The van der Waals surface area contributed by atoms with Crippen molar-refractivity contribution in [3.05, 3.63) is 100.0 Å². The lowest BCUT2D eigenvalue weighted by atomic mass is 10.1. The van der Waals surface area contributed by atoms with Gasteiger partial charge in [0.25, 0.3) is 11.5 Å². The molecule has 0 spiro atoms. The molecule has 2 N–H and O–H groups in total. The second-order valence-electron chi connectivity index (χ2n) is 7.74. The van der Waals surface area contributed by atoms with Crippen molar-refractivity contribution in [2.24, 2.45) is 0 Å². The number of alkyl halides is 3. The van der Waals surface area contributed by atoms with Gasteiger partial charge >= 0.3 is 6.18 Å². The zero-order valence-corrected chi connectivity index (χ0v) is 18.4. The molecule has 1 aromatic heterocycles. The summed E-state index contributed by atoms with van der Waals surface area (Å²) in [6, 6.07) is 17.9. The highest BCUT2D eigenvalue weighted by atomic mass is 19.4. The van der Waals surface area contributed by atoms with E-state index in [4.69, 9.17) is 0 Å². The fourth-order valence-electron chi connectivity index (χ4n) is 3.57. The van der Waals surface area contributed by atoms with Gasteiger partial charge in [0.1, 0.15) is 0 Å². The average Bonchev–Trinajstić information content (AvgIpc) is 2.81. The first kappa shape index (κ1) is 23.7. The summed E-state index contributed by atoms with van der Waals surface area (Å²) < 4.78 is 41.0. The van der Waals surface area contributed by atoms with Crippen molar-refractivity contribution in [2.45, 2.75) is 19.6 Å². The minimum Gasteiger partial charge on any atom is -0.325 e. The van der Waals surface area contributed by atoms with Crippen LogP contribution in [0.5, 0.6) is 0 Å². The van der Waals surface area contributed by atoms with Crippen molar-refractivity contribution in [2.75, 3.05) is 10.6 Å². The van der Waals surface area contributed by atoms with Gasteiger partial charge < -0.3 is 10.6 Å². The number of benzene rings is 3. The summed E-state index contributed by atoms with van der Waals surface area (Å²) in [5, 5.41) is 9.53. The molecule has 7 nitrogen and oxygen atoms in total. The number of aromatic nitrogens is 2. The van der Waals surface area contributed by atoms with E-state index < -0.39 is 29.1 Å². The molecule has 0 unspecified atom stereocenters. The highest BCUT2D eigenvalue weighted by molar-refractivity contribution is 6.12. The maximum atomic E-state index is 13.3. The minimum atomic E-state index is -4.66. The van der Waals surface area contributed by atoms with E-state index in [1.54, 1.807) is 42.5 Å². The maximum Gasteiger partial charge on any atom is 0.416 e. The van der Waals surface area contributed by atoms with E-state index in [0.717, 1.165) is 28.4 Å². The largest absolute Gasteiger partial charge is 0.416 e. The molecule has 1 heterocycles. The van der Waals surface area contributed by atoms with Crippen LogP contribution in [0.15, 0.2) is 77.6 Å². The van der Waals surface area contributed by atoms with Gasteiger partial charge in [0.05, 0.1) is 28.9 Å². The Morgan fingerprint density at radius 3 is 2.20 bits per heavy atom. The van der Waals surface area contributed by atoms with E-state index in [0.29, 0.717) is 0 Å². The molecule has 0 bridgehead atoms. The van der Waals surface area contributed by atoms with Gasteiger partial charge in [0, 0.05) is 12.3 Å². The number of halogens is 3. The van der Waals surface area contributed by atoms with E-state index in [-0.39, 0.29) is 34.4 Å². The Morgan fingerprint density at radius 1 is 0.886 bits per heavy atom. The van der Waals surface area contributed by atoms with Crippen molar-refractivity contribution < 1.29 is 22.8 Å². The lowest BCUT2D eigenvalue weighted by Gasteiger charge is -2.16. The number of carbonyl (C=O) groups excluding carboxylic acids is 2. The molecule has 0 radical (unpaired) electrons. The molecule has 0 aliphatic heterocycles. The lowest BCUT2D eigenvalue weighted by Crippen LogP contribution is -2.28. The Morgan fingerprint density at radius 2 is 1.54 bits per heavy atom. The Kier molecular flexibility index (Phi) is 6.37. The molecule has 10 heteroatoms. The fraction of sp³-hybridized carbons (Fsp3) is 0.120. The summed E-state index contributed by atoms with van der Waals surface area (Å²) in [5.41, 5.74) is -1.07.